The van der Waals surface area contributed by atoms with E-state index in [9.17, 15) is 14.4 Å². The summed E-state index contributed by atoms with van der Waals surface area (Å²) in [6.45, 7) is 4.08. The molecule has 0 radical (unpaired) electrons. The summed E-state index contributed by atoms with van der Waals surface area (Å²) in [5.74, 6) is -0.536. The van der Waals surface area contributed by atoms with E-state index < -0.39 is 0 Å². The Bertz CT molecular complexity index is 618. The summed E-state index contributed by atoms with van der Waals surface area (Å²) in [5, 5.41) is 2.93. The van der Waals surface area contributed by atoms with Crippen LogP contribution in [0.3, 0.4) is 0 Å². The van der Waals surface area contributed by atoms with Crippen LogP contribution in [0.5, 0.6) is 0 Å². The van der Waals surface area contributed by atoms with Crippen LogP contribution < -0.4 is 5.32 Å². The highest BCUT2D eigenvalue weighted by atomic mass is 16.2. The number of rotatable bonds is 7. The van der Waals surface area contributed by atoms with Gasteiger partial charge in [0.05, 0.1) is 11.1 Å². The molecule has 1 saturated heterocycles. The third-order valence-electron chi connectivity index (χ3n) is 4.86. The molecule has 0 atom stereocenters. The standard InChI is InChI=1S/C19H25N3O3/c23-17(20-10-14-21-11-4-1-5-12-21)9-6-13-22-18(24)15-7-2-3-8-16(15)19(22)25/h2-3,7-8H,1,4-6,9-14H2,(H,20,23). The van der Waals surface area contributed by atoms with Crippen LogP contribution in [-0.4, -0.2) is 60.2 Å². The number of benzene rings is 1. The highest BCUT2D eigenvalue weighted by molar-refractivity contribution is 6.21. The number of hydrogen-bond acceptors (Lipinski definition) is 4. The molecule has 3 rings (SSSR count). The molecule has 1 N–H and O–H groups in total. The third-order valence-corrected chi connectivity index (χ3v) is 4.86. The van der Waals surface area contributed by atoms with Crippen molar-refractivity contribution in [1.29, 1.82) is 0 Å². The Morgan fingerprint density at radius 2 is 1.60 bits per heavy atom. The zero-order valence-corrected chi connectivity index (χ0v) is 14.5. The van der Waals surface area contributed by atoms with Crippen molar-refractivity contribution >= 4 is 17.7 Å². The van der Waals surface area contributed by atoms with Gasteiger partial charge >= 0.3 is 0 Å². The second-order valence-electron chi connectivity index (χ2n) is 6.66. The van der Waals surface area contributed by atoms with Crippen molar-refractivity contribution in [2.24, 2.45) is 0 Å². The Kier molecular flexibility index (Phi) is 5.81. The highest BCUT2D eigenvalue weighted by Gasteiger charge is 2.34. The van der Waals surface area contributed by atoms with Gasteiger partial charge in [0.25, 0.3) is 11.8 Å². The number of imide groups is 1. The smallest absolute Gasteiger partial charge is 0.261 e. The lowest BCUT2D eigenvalue weighted by atomic mass is 10.1. The molecule has 0 unspecified atom stereocenters. The van der Waals surface area contributed by atoms with E-state index in [4.69, 9.17) is 0 Å². The molecule has 25 heavy (non-hydrogen) atoms. The fourth-order valence-corrected chi connectivity index (χ4v) is 3.46. The van der Waals surface area contributed by atoms with E-state index in [1.54, 1.807) is 24.3 Å². The van der Waals surface area contributed by atoms with Crippen molar-refractivity contribution in [2.45, 2.75) is 32.1 Å². The van der Waals surface area contributed by atoms with Crippen molar-refractivity contribution in [3.8, 4) is 0 Å². The van der Waals surface area contributed by atoms with Crippen molar-refractivity contribution in [3.63, 3.8) is 0 Å². The van der Waals surface area contributed by atoms with Gasteiger partial charge in [-0.15, -0.1) is 0 Å². The summed E-state index contributed by atoms with van der Waals surface area (Å²) in [6, 6.07) is 6.85. The van der Waals surface area contributed by atoms with Gasteiger partial charge in [-0.2, -0.15) is 0 Å². The first-order valence-corrected chi connectivity index (χ1v) is 9.11. The Hall–Kier alpha value is -2.21. The molecule has 0 spiro atoms. The van der Waals surface area contributed by atoms with Crippen LogP contribution in [0.1, 0.15) is 52.8 Å². The minimum Gasteiger partial charge on any atom is -0.355 e. The lowest BCUT2D eigenvalue weighted by Crippen LogP contribution is -2.38. The first-order chi connectivity index (χ1) is 12.2. The summed E-state index contributed by atoms with van der Waals surface area (Å²) < 4.78 is 0. The Balaban J connectivity index is 1.36. The topological polar surface area (TPSA) is 69.7 Å². The molecule has 0 aliphatic carbocycles. The first kappa shape index (κ1) is 17.6. The second-order valence-corrected chi connectivity index (χ2v) is 6.66. The molecule has 1 aromatic carbocycles. The van der Waals surface area contributed by atoms with Crippen LogP contribution >= 0.6 is 0 Å². The molecular weight excluding hydrogens is 318 g/mol. The SMILES string of the molecule is O=C(CCCN1C(=O)c2ccccc2C1=O)NCCN1CCCCC1. The molecule has 3 amide bonds. The lowest BCUT2D eigenvalue weighted by Gasteiger charge is -2.26. The van der Waals surface area contributed by atoms with Gasteiger partial charge in [-0.1, -0.05) is 18.6 Å². The first-order valence-electron chi connectivity index (χ1n) is 9.11. The van der Waals surface area contributed by atoms with Crippen LogP contribution in [0.25, 0.3) is 0 Å². The van der Waals surface area contributed by atoms with Gasteiger partial charge in [0.15, 0.2) is 0 Å². The molecule has 1 aromatic rings. The van der Waals surface area contributed by atoms with E-state index in [0.717, 1.165) is 19.6 Å². The number of nitrogens with zero attached hydrogens (tertiary/aromatic N) is 2. The van der Waals surface area contributed by atoms with Crippen LogP contribution in [0.4, 0.5) is 0 Å². The van der Waals surface area contributed by atoms with Crippen LogP contribution in [-0.2, 0) is 4.79 Å². The maximum absolute atomic E-state index is 12.2. The fourth-order valence-electron chi connectivity index (χ4n) is 3.46. The van der Waals surface area contributed by atoms with Crippen molar-refractivity contribution in [3.05, 3.63) is 35.4 Å². The number of amides is 3. The minimum absolute atomic E-state index is 0.0198. The molecule has 2 aliphatic heterocycles. The van der Waals surface area contributed by atoms with Gasteiger partial charge in [0, 0.05) is 26.1 Å². The second kappa shape index (κ2) is 8.25. The van der Waals surface area contributed by atoms with Crippen LogP contribution in [0.2, 0.25) is 0 Å². The molecular formula is C19H25N3O3. The van der Waals surface area contributed by atoms with E-state index in [1.807, 2.05) is 0 Å². The fraction of sp³-hybridized carbons (Fsp3) is 0.526. The largest absolute Gasteiger partial charge is 0.355 e. The normalized spacial score (nSPS) is 17.7. The predicted molar refractivity (Wildman–Crippen MR) is 94.3 cm³/mol. The summed E-state index contributed by atoms with van der Waals surface area (Å²) >= 11 is 0. The number of hydrogen-bond donors (Lipinski definition) is 1. The molecule has 2 heterocycles. The van der Waals surface area contributed by atoms with Crippen LogP contribution in [0, 0.1) is 0 Å². The molecule has 2 aliphatic rings. The quantitative estimate of drug-likeness (QED) is 0.765. The third kappa shape index (κ3) is 4.25. The minimum atomic E-state index is -0.258. The number of likely N-dealkylation sites (tertiary alicyclic amines) is 1. The van der Waals surface area contributed by atoms with Gasteiger partial charge in [0.1, 0.15) is 0 Å². The maximum Gasteiger partial charge on any atom is 0.261 e. The average Bonchev–Trinajstić information content (AvgIpc) is 2.88. The monoisotopic (exact) mass is 343 g/mol. The Morgan fingerprint density at radius 3 is 2.24 bits per heavy atom. The van der Waals surface area contributed by atoms with Gasteiger partial charge in [-0.25, -0.2) is 0 Å². The maximum atomic E-state index is 12.2. The van der Waals surface area contributed by atoms with Crippen molar-refractivity contribution < 1.29 is 14.4 Å². The summed E-state index contributed by atoms with van der Waals surface area (Å²) in [6.07, 6.45) is 4.61. The average molecular weight is 343 g/mol. The number of nitrogens with one attached hydrogen (secondary N) is 1. The van der Waals surface area contributed by atoms with Crippen LogP contribution in [0.15, 0.2) is 24.3 Å². The number of fused-ring (bicyclic) bond motifs is 1. The van der Waals surface area contributed by atoms with Gasteiger partial charge in [-0.3, -0.25) is 19.3 Å². The van der Waals surface area contributed by atoms with Crippen molar-refractivity contribution in [1.82, 2.24) is 15.1 Å². The zero-order chi connectivity index (χ0) is 17.6. The Morgan fingerprint density at radius 1 is 0.960 bits per heavy atom. The summed E-state index contributed by atoms with van der Waals surface area (Å²) in [5.41, 5.74) is 0.914. The molecule has 1 fully saturated rings. The molecule has 0 bridgehead atoms. The molecule has 6 heteroatoms. The highest BCUT2D eigenvalue weighted by Crippen LogP contribution is 2.22. The molecule has 134 valence electrons. The van der Waals surface area contributed by atoms with Gasteiger partial charge in [-0.05, 0) is 44.5 Å². The number of carbonyl (C=O) groups excluding carboxylic acids is 3. The molecule has 6 nitrogen and oxygen atoms in total. The van der Waals surface area contributed by atoms with E-state index >= 15 is 0 Å². The van der Waals surface area contributed by atoms with E-state index in [1.165, 1.54) is 24.2 Å². The van der Waals surface area contributed by atoms with E-state index in [2.05, 4.69) is 10.2 Å². The Labute approximate surface area is 148 Å². The van der Waals surface area contributed by atoms with Crippen molar-refractivity contribution in [2.75, 3.05) is 32.7 Å². The van der Waals surface area contributed by atoms with Gasteiger partial charge in [0.2, 0.25) is 5.91 Å². The van der Waals surface area contributed by atoms with E-state index in [0.29, 0.717) is 30.5 Å². The number of piperidine rings is 1. The molecule has 0 saturated carbocycles. The lowest BCUT2D eigenvalue weighted by molar-refractivity contribution is -0.121. The number of carbonyl (C=O) groups is 3. The summed E-state index contributed by atoms with van der Waals surface area (Å²) in [4.78, 5) is 40.0. The zero-order valence-electron chi connectivity index (χ0n) is 14.5. The van der Waals surface area contributed by atoms with E-state index in [-0.39, 0.29) is 24.3 Å². The molecule has 0 aromatic heterocycles. The van der Waals surface area contributed by atoms with Gasteiger partial charge < -0.3 is 10.2 Å². The predicted octanol–water partition coefficient (Wildman–Crippen LogP) is 1.66. The summed E-state index contributed by atoms with van der Waals surface area (Å²) in [7, 11) is 0.